The molecular formula is C12H11N3O2. The highest BCUT2D eigenvalue weighted by atomic mass is 16.4. The molecule has 0 atom stereocenters. The van der Waals surface area contributed by atoms with Crippen LogP contribution in [0.25, 0.3) is 0 Å². The van der Waals surface area contributed by atoms with Crippen LogP contribution in [-0.2, 0) is 0 Å². The topological polar surface area (TPSA) is 55.8 Å². The molecule has 2 N–H and O–H groups in total. The van der Waals surface area contributed by atoms with Gasteiger partial charge in [0.2, 0.25) is 0 Å². The molecule has 1 aliphatic carbocycles. The van der Waals surface area contributed by atoms with Crippen molar-refractivity contribution in [3.8, 4) is 0 Å². The lowest BCUT2D eigenvalue weighted by Gasteiger charge is -2.24. The molecule has 0 saturated carbocycles. The number of hydrazine groups is 1. The van der Waals surface area contributed by atoms with Crippen molar-refractivity contribution < 1.29 is 9.90 Å². The van der Waals surface area contributed by atoms with E-state index in [9.17, 15) is 4.79 Å². The Morgan fingerprint density at radius 1 is 1.35 bits per heavy atom. The van der Waals surface area contributed by atoms with Crippen molar-refractivity contribution in [1.82, 2.24) is 15.3 Å². The van der Waals surface area contributed by atoms with E-state index in [4.69, 9.17) is 5.11 Å². The number of carbonyl (C=O) groups is 1. The molecule has 0 aromatic heterocycles. The molecule has 5 nitrogen and oxygen atoms in total. The summed E-state index contributed by atoms with van der Waals surface area (Å²) in [6.45, 7) is 0. The smallest absolute Gasteiger partial charge is 0.415 e. The van der Waals surface area contributed by atoms with Crippen LogP contribution >= 0.6 is 0 Å². The van der Waals surface area contributed by atoms with Crippen LogP contribution in [-0.4, -0.2) is 21.1 Å². The van der Waals surface area contributed by atoms with Crippen molar-refractivity contribution in [2.24, 2.45) is 0 Å². The summed E-state index contributed by atoms with van der Waals surface area (Å²) in [5, 5.41) is 10.8. The van der Waals surface area contributed by atoms with Crippen LogP contribution in [0.2, 0.25) is 0 Å². The van der Waals surface area contributed by atoms with E-state index in [1.165, 1.54) is 6.20 Å². The average molecular weight is 229 g/mol. The number of hydrogen-bond donors (Lipinski definition) is 2. The number of carboxylic acid groups (broad SMARTS) is 1. The third-order valence-corrected chi connectivity index (χ3v) is 2.81. The Hall–Kier alpha value is -2.43. The van der Waals surface area contributed by atoms with Gasteiger partial charge in [0.15, 0.2) is 0 Å². The number of rotatable bonds is 0. The van der Waals surface area contributed by atoms with Gasteiger partial charge in [-0.15, -0.1) is 0 Å². The van der Waals surface area contributed by atoms with Gasteiger partial charge in [-0.2, -0.15) is 0 Å². The highest BCUT2D eigenvalue weighted by molar-refractivity contribution is 5.69. The SMILES string of the molecule is O=C(O)N1C=CN2NC3=C(C=CC=CC3)C2=C1. The zero-order valence-corrected chi connectivity index (χ0v) is 9.00. The molecule has 3 aliphatic rings. The van der Waals surface area contributed by atoms with Crippen molar-refractivity contribution in [2.75, 3.05) is 0 Å². The molecule has 0 fully saturated rings. The minimum Gasteiger partial charge on any atom is -0.464 e. The standard InChI is InChI=1S/C12H11N3O2/c16-12(17)14-6-7-15-11(8-14)9-4-2-1-3-5-10(9)13-15/h1-4,6-8,13H,5H2,(H,16,17). The number of fused-ring (bicyclic) bond motifs is 2. The third-order valence-electron chi connectivity index (χ3n) is 2.81. The quantitative estimate of drug-likeness (QED) is 0.666. The minimum atomic E-state index is -0.988. The van der Waals surface area contributed by atoms with E-state index in [0.717, 1.165) is 28.3 Å². The van der Waals surface area contributed by atoms with Crippen molar-refractivity contribution in [3.05, 3.63) is 59.9 Å². The molecule has 0 bridgehead atoms. The third kappa shape index (κ3) is 1.52. The second kappa shape index (κ2) is 3.55. The Labute approximate surface area is 98.3 Å². The van der Waals surface area contributed by atoms with Crippen LogP contribution in [0.1, 0.15) is 6.42 Å². The number of nitrogens with zero attached hydrogens (tertiary/aromatic N) is 2. The average Bonchev–Trinajstić information content (AvgIpc) is 2.51. The van der Waals surface area contributed by atoms with Gasteiger partial charge in [-0.25, -0.2) is 4.79 Å². The predicted molar refractivity (Wildman–Crippen MR) is 62.0 cm³/mol. The molecule has 0 aromatic rings. The van der Waals surface area contributed by atoms with Gasteiger partial charge in [0.1, 0.15) is 0 Å². The summed E-state index contributed by atoms with van der Waals surface area (Å²) in [6.07, 6.45) is 12.6. The monoisotopic (exact) mass is 229 g/mol. The Bertz CT molecular complexity index is 526. The number of amides is 1. The lowest BCUT2D eigenvalue weighted by Crippen LogP contribution is -2.31. The van der Waals surface area contributed by atoms with E-state index in [0.29, 0.717) is 0 Å². The first-order chi connectivity index (χ1) is 8.25. The molecule has 17 heavy (non-hydrogen) atoms. The largest absolute Gasteiger partial charge is 0.464 e. The molecule has 0 aromatic carbocycles. The molecule has 2 heterocycles. The summed E-state index contributed by atoms with van der Waals surface area (Å²) in [6, 6.07) is 0. The Balaban J connectivity index is 2.00. The molecule has 0 radical (unpaired) electrons. The molecule has 3 rings (SSSR count). The highest BCUT2D eigenvalue weighted by Crippen LogP contribution is 2.31. The predicted octanol–water partition coefficient (Wildman–Crippen LogP) is 1.88. The van der Waals surface area contributed by atoms with Gasteiger partial charge in [-0.05, 0) is 0 Å². The van der Waals surface area contributed by atoms with Gasteiger partial charge in [0.05, 0.1) is 5.70 Å². The van der Waals surface area contributed by atoms with Crippen molar-refractivity contribution in [1.29, 1.82) is 0 Å². The summed E-state index contributed by atoms with van der Waals surface area (Å²) in [7, 11) is 0. The van der Waals surface area contributed by atoms with Crippen LogP contribution < -0.4 is 5.43 Å². The van der Waals surface area contributed by atoms with Crippen LogP contribution in [0.4, 0.5) is 4.79 Å². The van der Waals surface area contributed by atoms with Gasteiger partial charge >= 0.3 is 6.09 Å². The van der Waals surface area contributed by atoms with E-state index < -0.39 is 6.09 Å². The first-order valence-corrected chi connectivity index (χ1v) is 5.30. The Morgan fingerprint density at radius 2 is 2.24 bits per heavy atom. The fraction of sp³-hybridized carbons (Fsp3) is 0.0833. The summed E-state index contributed by atoms with van der Waals surface area (Å²) < 4.78 is 0. The summed E-state index contributed by atoms with van der Waals surface area (Å²) in [5.41, 5.74) is 6.20. The van der Waals surface area contributed by atoms with Gasteiger partial charge in [-0.1, -0.05) is 24.3 Å². The Morgan fingerprint density at radius 3 is 3.06 bits per heavy atom. The van der Waals surface area contributed by atoms with Gasteiger partial charge in [0.25, 0.3) is 0 Å². The van der Waals surface area contributed by atoms with Gasteiger partial charge in [0, 0.05) is 36.3 Å². The van der Waals surface area contributed by atoms with Crippen LogP contribution in [0, 0.1) is 0 Å². The van der Waals surface area contributed by atoms with Crippen molar-refractivity contribution in [3.63, 3.8) is 0 Å². The molecule has 86 valence electrons. The van der Waals surface area contributed by atoms with Crippen LogP contribution in [0.3, 0.4) is 0 Å². The summed E-state index contributed by atoms with van der Waals surface area (Å²) in [4.78, 5) is 12.1. The first kappa shape index (κ1) is 9.77. The fourth-order valence-electron chi connectivity index (χ4n) is 1.99. The van der Waals surface area contributed by atoms with E-state index in [-0.39, 0.29) is 0 Å². The number of allylic oxidation sites excluding steroid dienone is 4. The van der Waals surface area contributed by atoms with E-state index in [2.05, 4.69) is 11.5 Å². The lowest BCUT2D eigenvalue weighted by atomic mass is 10.1. The van der Waals surface area contributed by atoms with Crippen LogP contribution in [0.15, 0.2) is 59.9 Å². The molecule has 2 aliphatic heterocycles. The second-order valence-electron chi connectivity index (χ2n) is 3.87. The molecule has 5 heteroatoms. The molecule has 0 saturated heterocycles. The van der Waals surface area contributed by atoms with E-state index in [1.54, 1.807) is 12.4 Å². The first-order valence-electron chi connectivity index (χ1n) is 5.30. The normalized spacial score (nSPS) is 20.8. The maximum atomic E-state index is 10.9. The highest BCUT2D eigenvalue weighted by Gasteiger charge is 2.27. The molecule has 0 spiro atoms. The van der Waals surface area contributed by atoms with Gasteiger partial charge < -0.3 is 5.11 Å². The Kier molecular flexibility index (Phi) is 2.04. The van der Waals surface area contributed by atoms with E-state index in [1.807, 2.05) is 23.2 Å². The second-order valence-corrected chi connectivity index (χ2v) is 3.87. The van der Waals surface area contributed by atoms with Crippen molar-refractivity contribution in [2.45, 2.75) is 6.42 Å². The van der Waals surface area contributed by atoms with Crippen molar-refractivity contribution >= 4 is 6.09 Å². The summed E-state index contributed by atoms with van der Waals surface area (Å²) in [5.74, 6) is 0. The fourth-order valence-corrected chi connectivity index (χ4v) is 1.99. The zero-order valence-electron chi connectivity index (χ0n) is 9.00. The summed E-state index contributed by atoms with van der Waals surface area (Å²) >= 11 is 0. The minimum absolute atomic E-state index is 0.817. The maximum Gasteiger partial charge on any atom is 0.415 e. The van der Waals surface area contributed by atoms with E-state index >= 15 is 0 Å². The maximum absolute atomic E-state index is 10.9. The zero-order chi connectivity index (χ0) is 11.8. The lowest BCUT2D eigenvalue weighted by molar-refractivity contribution is 0.172. The number of nitrogens with one attached hydrogen (secondary N) is 1. The van der Waals surface area contributed by atoms with Gasteiger partial charge in [-0.3, -0.25) is 15.3 Å². The molecule has 1 amide bonds. The molecule has 0 unspecified atom stereocenters. The molecular weight excluding hydrogens is 218 g/mol. The number of hydrogen-bond acceptors (Lipinski definition) is 3. The van der Waals surface area contributed by atoms with Crippen LogP contribution in [0.5, 0.6) is 0 Å².